The Morgan fingerprint density at radius 3 is 2.71 bits per heavy atom. The number of benzene rings is 1. The number of hydrogen-bond donors (Lipinski definition) is 1. The van der Waals surface area contributed by atoms with Crippen LogP contribution in [0.25, 0.3) is 5.57 Å². The van der Waals surface area contributed by atoms with Crippen molar-refractivity contribution in [3.63, 3.8) is 0 Å². The average molecular weight is 455 g/mol. The standard InChI is InChI=1S/C25H31ClN4S/c1-6-7-12-30-23(22(28-24(30)31)20-10-8-9-11-27-20)18-13-17-16(2)15-25(3,4)29(5)21(17)14-19(18)26/h8-11,13-15,22-23H,6-7,12H2,1-5H3,(H,28,31)/t22-,23+/m0/s1. The van der Waals surface area contributed by atoms with E-state index in [0.29, 0.717) is 0 Å². The number of aromatic nitrogens is 1. The summed E-state index contributed by atoms with van der Waals surface area (Å²) in [5, 5.41) is 5.07. The first-order chi connectivity index (χ1) is 14.7. The van der Waals surface area contributed by atoms with Crippen LogP contribution in [0.4, 0.5) is 5.69 Å². The van der Waals surface area contributed by atoms with E-state index in [2.05, 4.69) is 79.1 Å². The minimum absolute atomic E-state index is 0.000192. The summed E-state index contributed by atoms with van der Waals surface area (Å²) in [6, 6.07) is 10.4. The average Bonchev–Trinajstić information content (AvgIpc) is 3.06. The van der Waals surface area contributed by atoms with Crippen molar-refractivity contribution in [3.05, 3.63) is 64.4 Å². The van der Waals surface area contributed by atoms with Crippen molar-refractivity contribution in [1.82, 2.24) is 15.2 Å². The van der Waals surface area contributed by atoms with Gasteiger partial charge < -0.3 is 15.1 Å². The molecule has 1 aromatic carbocycles. The quantitative estimate of drug-likeness (QED) is 0.548. The number of thiocarbonyl (C=S) groups is 1. The van der Waals surface area contributed by atoms with Crippen molar-refractivity contribution >= 4 is 40.2 Å². The molecule has 0 spiro atoms. The van der Waals surface area contributed by atoms with E-state index in [1.54, 1.807) is 0 Å². The van der Waals surface area contributed by atoms with Gasteiger partial charge in [0.15, 0.2) is 5.11 Å². The third-order valence-electron chi connectivity index (χ3n) is 6.60. The van der Waals surface area contributed by atoms with E-state index < -0.39 is 0 Å². The van der Waals surface area contributed by atoms with Crippen LogP contribution in [0.5, 0.6) is 0 Å². The maximum absolute atomic E-state index is 6.98. The molecule has 0 radical (unpaired) electrons. The molecule has 31 heavy (non-hydrogen) atoms. The second kappa shape index (κ2) is 8.44. The second-order valence-corrected chi connectivity index (χ2v) is 9.90. The van der Waals surface area contributed by atoms with Gasteiger partial charge in [-0.3, -0.25) is 4.98 Å². The summed E-state index contributed by atoms with van der Waals surface area (Å²) in [6.45, 7) is 9.74. The van der Waals surface area contributed by atoms with Gasteiger partial charge in [0.05, 0.1) is 23.3 Å². The SMILES string of the molecule is CCCCN1C(=S)N[C@@H](c2ccccn2)[C@H]1c1cc2c(cc1Cl)N(C)C(C)(C)C=C2C. The van der Waals surface area contributed by atoms with E-state index in [4.69, 9.17) is 23.8 Å². The van der Waals surface area contributed by atoms with Gasteiger partial charge in [-0.05, 0) is 74.8 Å². The number of hydrogen-bond acceptors (Lipinski definition) is 3. The van der Waals surface area contributed by atoms with Crippen molar-refractivity contribution in [2.24, 2.45) is 0 Å². The minimum Gasteiger partial charge on any atom is -0.365 e. The molecule has 0 bridgehead atoms. The number of allylic oxidation sites excluding steroid dienone is 1. The number of nitrogens with zero attached hydrogens (tertiary/aromatic N) is 3. The van der Waals surface area contributed by atoms with E-state index in [-0.39, 0.29) is 17.6 Å². The molecular formula is C25H31ClN4S. The lowest BCUT2D eigenvalue weighted by Crippen LogP contribution is -2.42. The van der Waals surface area contributed by atoms with Crippen molar-refractivity contribution in [2.75, 3.05) is 18.5 Å². The lowest BCUT2D eigenvalue weighted by atomic mass is 9.86. The Bertz CT molecular complexity index is 1020. The molecule has 4 nitrogen and oxygen atoms in total. The van der Waals surface area contributed by atoms with Crippen LogP contribution in [0.1, 0.15) is 69.4 Å². The third kappa shape index (κ3) is 3.94. The van der Waals surface area contributed by atoms with Gasteiger partial charge in [0.25, 0.3) is 0 Å². The highest BCUT2D eigenvalue weighted by Gasteiger charge is 2.41. The molecule has 0 unspecified atom stereocenters. The number of fused-ring (bicyclic) bond motifs is 1. The summed E-state index contributed by atoms with van der Waals surface area (Å²) >= 11 is 12.8. The Morgan fingerprint density at radius 2 is 2.03 bits per heavy atom. The van der Waals surface area contributed by atoms with E-state index in [0.717, 1.165) is 40.8 Å². The molecular weight excluding hydrogens is 424 g/mol. The van der Waals surface area contributed by atoms with Crippen LogP contribution in [0.2, 0.25) is 5.02 Å². The predicted molar refractivity (Wildman–Crippen MR) is 135 cm³/mol. The first-order valence-corrected chi connectivity index (χ1v) is 11.8. The molecule has 1 fully saturated rings. The molecule has 0 aliphatic carbocycles. The Morgan fingerprint density at radius 1 is 1.26 bits per heavy atom. The number of nitrogens with one attached hydrogen (secondary N) is 1. The minimum atomic E-state index is -0.0535. The Balaban J connectivity index is 1.84. The zero-order chi connectivity index (χ0) is 22.3. The van der Waals surface area contributed by atoms with Gasteiger partial charge in [-0.15, -0.1) is 0 Å². The van der Waals surface area contributed by atoms with Gasteiger partial charge in [-0.1, -0.05) is 37.1 Å². The molecule has 2 aliphatic heterocycles. The molecule has 164 valence electrons. The topological polar surface area (TPSA) is 31.4 Å². The number of likely N-dealkylation sites (N-methyl/N-ethyl adjacent to an activating group) is 1. The van der Waals surface area contributed by atoms with E-state index in [9.17, 15) is 0 Å². The van der Waals surface area contributed by atoms with E-state index in [1.165, 1.54) is 16.8 Å². The molecule has 3 heterocycles. The van der Waals surface area contributed by atoms with Gasteiger partial charge in [0.2, 0.25) is 0 Å². The smallest absolute Gasteiger partial charge is 0.170 e. The summed E-state index contributed by atoms with van der Waals surface area (Å²) in [7, 11) is 2.13. The highest BCUT2D eigenvalue weighted by atomic mass is 35.5. The molecule has 6 heteroatoms. The van der Waals surface area contributed by atoms with Crippen LogP contribution >= 0.6 is 23.8 Å². The number of rotatable bonds is 5. The van der Waals surface area contributed by atoms with Gasteiger partial charge in [0, 0.05) is 36.1 Å². The largest absolute Gasteiger partial charge is 0.365 e. The normalized spacial score (nSPS) is 22.3. The molecule has 0 saturated carbocycles. The lowest BCUT2D eigenvalue weighted by Gasteiger charge is -2.41. The summed E-state index contributed by atoms with van der Waals surface area (Å²) in [5.74, 6) is 0. The van der Waals surface area contributed by atoms with Crippen LogP contribution in [0.15, 0.2) is 42.6 Å². The van der Waals surface area contributed by atoms with Crippen molar-refractivity contribution in [2.45, 2.75) is 58.2 Å². The summed E-state index contributed by atoms with van der Waals surface area (Å²) < 4.78 is 0. The lowest BCUT2D eigenvalue weighted by molar-refractivity contribution is 0.313. The number of anilines is 1. The zero-order valence-electron chi connectivity index (χ0n) is 18.9. The predicted octanol–water partition coefficient (Wildman–Crippen LogP) is 6.14. The van der Waals surface area contributed by atoms with Crippen molar-refractivity contribution < 1.29 is 0 Å². The molecule has 2 aliphatic rings. The molecule has 0 amide bonds. The number of unbranched alkanes of at least 4 members (excludes halogenated alkanes) is 1. The fourth-order valence-corrected chi connectivity index (χ4v) is 5.33. The Hall–Kier alpha value is -2.11. The number of halogens is 1. The van der Waals surface area contributed by atoms with Crippen LogP contribution in [0, 0.1) is 0 Å². The van der Waals surface area contributed by atoms with Crippen LogP contribution in [-0.4, -0.2) is 34.1 Å². The van der Waals surface area contributed by atoms with Crippen LogP contribution in [-0.2, 0) is 0 Å². The molecule has 1 N–H and O–H groups in total. The zero-order valence-corrected chi connectivity index (χ0v) is 20.5. The Labute approximate surface area is 196 Å². The van der Waals surface area contributed by atoms with E-state index in [1.807, 2.05) is 18.3 Å². The Kier molecular flexibility index (Phi) is 6.01. The maximum Gasteiger partial charge on any atom is 0.170 e. The van der Waals surface area contributed by atoms with Crippen molar-refractivity contribution in [3.8, 4) is 0 Å². The molecule has 4 rings (SSSR count). The van der Waals surface area contributed by atoms with Crippen molar-refractivity contribution in [1.29, 1.82) is 0 Å². The third-order valence-corrected chi connectivity index (χ3v) is 7.28. The summed E-state index contributed by atoms with van der Waals surface area (Å²) in [5.41, 5.74) is 5.70. The molecule has 2 atom stereocenters. The fourth-order valence-electron chi connectivity index (χ4n) is 4.73. The monoisotopic (exact) mass is 454 g/mol. The highest BCUT2D eigenvalue weighted by molar-refractivity contribution is 7.80. The first-order valence-electron chi connectivity index (χ1n) is 11.0. The highest BCUT2D eigenvalue weighted by Crippen LogP contribution is 2.46. The molecule has 1 aromatic heterocycles. The van der Waals surface area contributed by atoms with Gasteiger partial charge in [0.1, 0.15) is 0 Å². The first kappa shape index (κ1) is 22.1. The summed E-state index contributed by atoms with van der Waals surface area (Å²) in [4.78, 5) is 9.23. The molecule has 1 saturated heterocycles. The van der Waals surface area contributed by atoms with Gasteiger partial charge in [-0.2, -0.15) is 0 Å². The van der Waals surface area contributed by atoms with Crippen LogP contribution in [0.3, 0.4) is 0 Å². The fraction of sp³-hybridized carbons (Fsp3) is 0.440. The summed E-state index contributed by atoms with van der Waals surface area (Å²) in [6.07, 6.45) is 6.35. The number of pyridine rings is 1. The van der Waals surface area contributed by atoms with Gasteiger partial charge >= 0.3 is 0 Å². The van der Waals surface area contributed by atoms with Gasteiger partial charge in [-0.25, -0.2) is 0 Å². The molecule has 2 aromatic rings. The second-order valence-electron chi connectivity index (χ2n) is 9.10. The maximum atomic E-state index is 6.98. The van der Waals surface area contributed by atoms with Crippen LogP contribution < -0.4 is 10.2 Å². The van der Waals surface area contributed by atoms with E-state index >= 15 is 0 Å².